The summed E-state index contributed by atoms with van der Waals surface area (Å²) in [6, 6.07) is 8.99. The number of rotatable bonds is 2. The van der Waals surface area contributed by atoms with Gasteiger partial charge in [-0.25, -0.2) is 4.98 Å². The molecule has 3 rings (SSSR count). The number of fused-ring (bicyclic) bond motifs is 1. The average Bonchev–Trinajstić information content (AvgIpc) is 2.81. The lowest BCUT2D eigenvalue weighted by Crippen LogP contribution is -2.10. The number of carbonyl (C=O) groups is 1. The second-order valence-electron chi connectivity index (χ2n) is 4.20. The van der Waals surface area contributed by atoms with Crippen molar-refractivity contribution >= 4 is 28.5 Å². The van der Waals surface area contributed by atoms with Gasteiger partial charge in [0.15, 0.2) is 0 Å². The largest absolute Gasteiger partial charge is 0.366 e. The molecule has 0 aliphatic carbocycles. The minimum absolute atomic E-state index is 0.446. The summed E-state index contributed by atoms with van der Waals surface area (Å²) in [6.07, 6.45) is 3.43. The molecule has 1 aromatic carbocycles. The van der Waals surface area contributed by atoms with E-state index in [4.69, 9.17) is 17.3 Å². The standard InChI is InChI=1S/C14H10ClN3O/c15-10-5-11-12(7-18-14(11)17-6-10)8-2-1-3-9(4-8)13(16)19/h1-7H,(H2,16,19)(H,17,18). The maximum absolute atomic E-state index is 11.2. The molecule has 0 atom stereocenters. The quantitative estimate of drug-likeness (QED) is 0.752. The van der Waals surface area contributed by atoms with Crippen molar-refractivity contribution in [2.45, 2.75) is 0 Å². The molecular formula is C14H10ClN3O. The van der Waals surface area contributed by atoms with E-state index in [0.29, 0.717) is 10.6 Å². The van der Waals surface area contributed by atoms with E-state index in [-0.39, 0.29) is 0 Å². The lowest BCUT2D eigenvalue weighted by atomic mass is 10.0. The fourth-order valence-electron chi connectivity index (χ4n) is 2.06. The highest BCUT2D eigenvalue weighted by Crippen LogP contribution is 2.29. The maximum atomic E-state index is 11.2. The minimum atomic E-state index is -0.446. The number of halogens is 1. The number of amides is 1. The van der Waals surface area contributed by atoms with Crippen molar-refractivity contribution in [3.8, 4) is 11.1 Å². The van der Waals surface area contributed by atoms with Gasteiger partial charge in [0, 0.05) is 28.9 Å². The molecule has 0 saturated heterocycles. The molecule has 94 valence electrons. The number of hydrogen-bond acceptors (Lipinski definition) is 2. The van der Waals surface area contributed by atoms with Crippen LogP contribution in [-0.4, -0.2) is 15.9 Å². The van der Waals surface area contributed by atoms with Crippen LogP contribution in [0.15, 0.2) is 42.7 Å². The van der Waals surface area contributed by atoms with Gasteiger partial charge in [-0.2, -0.15) is 0 Å². The molecule has 0 saturated carbocycles. The highest BCUT2D eigenvalue weighted by Gasteiger charge is 2.09. The Morgan fingerprint density at radius 1 is 1.32 bits per heavy atom. The summed E-state index contributed by atoms with van der Waals surface area (Å²) in [5.41, 5.74) is 8.35. The fraction of sp³-hybridized carbons (Fsp3) is 0. The third kappa shape index (κ3) is 2.06. The minimum Gasteiger partial charge on any atom is -0.366 e. The molecule has 0 bridgehead atoms. The Morgan fingerprint density at radius 3 is 2.95 bits per heavy atom. The van der Waals surface area contributed by atoms with Crippen molar-refractivity contribution in [2.75, 3.05) is 0 Å². The second kappa shape index (κ2) is 4.40. The van der Waals surface area contributed by atoms with Crippen LogP contribution in [0.25, 0.3) is 22.2 Å². The van der Waals surface area contributed by atoms with E-state index in [0.717, 1.165) is 22.2 Å². The molecular weight excluding hydrogens is 262 g/mol. The molecule has 19 heavy (non-hydrogen) atoms. The summed E-state index contributed by atoms with van der Waals surface area (Å²) in [5, 5.41) is 1.48. The number of benzene rings is 1. The third-order valence-corrected chi connectivity index (χ3v) is 3.16. The highest BCUT2D eigenvalue weighted by molar-refractivity contribution is 6.31. The van der Waals surface area contributed by atoms with Crippen molar-refractivity contribution in [1.82, 2.24) is 9.97 Å². The first kappa shape index (κ1) is 11.7. The molecule has 5 heteroatoms. The van der Waals surface area contributed by atoms with Gasteiger partial charge in [-0.05, 0) is 23.8 Å². The SMILES string of the molecule is NC(=O)c1cccc(-c2c[nH]c3ncc(Cl)cc23)c1. The summed E-state index contributed by atoms with van der Waals surface area (Å²) in [5.74, 6) is -0.446. The monoisotopic (exact) mass is 271 g/mol. The van der Waals surface area contributed by atoms with Crippen molar-refractivity contribution in [3.63, 3.8) is 0 Å². The Hall–Kier alpha value is -2.33. The van der Waals surface area contributed by atoms with Crippen molar-refractivity contribution in [3.05, 3.63) is 53.3 Å². The van der Waals surface area contributed by atoms with Gasteiger partial charge in [0.2, 0.25) is 5.91 Å². The lowest BCUT2D eigenvalue weighted by Gasteiger charge is -2.02. The number of hydrogen-bond donors (Lipinski definition) is 2. The normalized spacial score (nSPS) is 10.8. The van der Waals surface area contributed by atoms with Gasteiger partial charge in [-0.15, -0.1) is 0 Å². The summed E-state index contributed by atoms with van der Waals surface area (Å²) in [4.78, 5) is 18.5. The molecule has 0 spiro atoms. The number of H-pyrrole nitrogens is 1. The van der Waals surface area contributed by atoms with E-state index in [1.54, 1.807) is 24.4 Å². The summed E-state index contributed by atoms with van der Waals surface area (Å²) >= 11 is 5.97. The zero-order valence-corrected chi connectivity index (χ0v) is 10.6. The molecule has 0 radical (unpaired) electrons. The van der Waals surface area contributed by atoms with Crippen LogP contribution >= 0.6 is 11.6 Å². The predicted molar refractivity (Wildman–Crippen MR) is 75.1 cm³/mol. The van der Waals surface area contributed by atoms with Gasteiger partial charge < -0.3 is 10.7 Å². The number of carbonyl (C=O) groups excluding carboxylic acids is 1. The first-order chi connectivity index (χ1) is 9.15. The Labute approximate surface area is 114 Å². The highest BCUT2D eigenvalue weighted by atomic mass is 35.5. The molecule has 0 fully saturated rings. The fourth-order valence-corrected chi connectivity index (χ4v) is 2.21. The zero-order chi connectivity index (χ0) is 13.4. The number of aromatic nitrogens is 2. The molecule has 2 aromatic heterocycles. The van der Waals surface area contributed by atoms with Gasteiger partial charge in [-0.3, -0.25) is 4.79 Å². The first-order valence-electron chi connectivity index (χ1n) is 5.68. The number of primary amides is 1. The molecule has 3 aromatic rings. The Morgan fingerprint density at radius 2 is 2.16 bits per heavy atom. The number of aromatic amines is 1. The van der Waals surface area contributed by atoms with E-state index < -0.39 is 5.91 Å². The lowest BCUT2D eigenvalue weighted by molar-refractivity contribution is 0.100. The van der Waals surface area contributed by atoms with Gasteiger partial charge in [0.1, 0.15) is 5.65 Å². The smallest absolute Gasteiger partial charge is 0.248 e. The van der Waals surface area contributed by atoms with Crippen LogP contribution in [0.4, 0.5) is 0 Å². The van der Waals surface area contributed by atoms with Crippen molar-refractivity contribution < 1.29 is 4.79 Å². The van der Waals surface area contributed by atoms with Crippen LogP contribution in [0.3, 0.4) is 0 Å². The Balaban J connectivity index is 2.21. The molecule has 2 heterocycles. The third-order valence-electron chi connectivity index (χ3n) is 2.96. The molecule has 1 amide bonds. The average molecular weight is 272 g/mol. The van der Waals surface area contributed by atoms with Crippen LogP contribution in [0.5, 0.6) is 0 Å². The van der Waals surface area contributed by atoms with Crippen LogP contribution in [0.2, 0.25) is 5.02 Å². The molecule has 3 N–H and O–H groups in total. The van der Waals surface area contributed by atoms with Crippen molar-refractivity contribution in [2.24, 2.45) is 5.73 Å². The van der Waals surface area contributed by atoms with Gasteiger partial charge >= 0.3 is 0 Å². The summed E-state index contributed by atoms with van der Waals surface area (Å²) < 4.78 is 0. The number of pyridine rings is 1. The maximum Gasteiger partial charge on any atom is 0.248 e. The molecule has 0 aliphatic rings. The van der Waals surface area contributed by atoms with Gasteiger partial charge in [0.25, 0.3) is 0 Å². The topological polar surface area (TPSA) is 71.8 Å². The second-order valence-corrected chi connectivity index (χ2v) is 4.63. The molecule has 4 nitrogen and oxygen atoms in total. The van der Waals surface area contributed by atoms with Crippen LogP contribution in [-0.2, 0) is 0 Å². The summed E-state index contributed by atoms with van der Waals surface area (Å²) in [6.45, 7) is 0. The van der Waals surface area contributed by atoms with Gasteiger partial charge in [-0.1, -0.05) is 23.7 Å². The zero-order valence-electron chi connectivity index (χ0n) is 9.85. The molecule has 0 unspecified atom stereocenters. The van der Waals surface area contributed by atoms with Gasteiger partial charge in [0.05, 0.1) is 5.02 Å². The number of nitrogens with zero attached hydrogens (tertiary/aromatic N) is 1. The first-order valence-corrected chi connectivity index (χ1v) is 6.06. The number of nitrogens with one attached hydrogen (secondary N) is 1. The number of nitrogens with two attached hydrogens (primary N) is 1. The van der Waals surface area contributed by atoms with Crippen LogP contribution in [0.1, 0.15) is 10.4 Å². The van der Waals surface area contributed by atoms with E-state index >= 15 is 0 Å². The summed E-state index contributed by atoms with van der Waals surface area (Å²) in [7, 11) is 0. The Kier molecular flexibility index (Phi) is 2.72. The van der Waals surface area contributed by atoms with E-state index in [9.17, 15) is 4.79 Å². The molecule has 0 aliphatic heterocycles. The van der Waals surface area contributed by atoms with E-state index in [1.165, 1.54) is 0 Å². The van der Waals surface area contributed by atoms with Crippen LogP contribution < -0.4 is 5.73 Å². The van der Waals surface area contributed by atoms with Crippen LogP contribution in [0, 0.1) is 0 Å². The van der Waals surface area contributed by atoms with Crippen molar-refractivity contribution in [1.29, 1.82) is 0 Å². The predicted octanol–water partition coefficient (Wildman–Crippen LogP) is 2.98. The van der Waals surface area contributed by atoms with E-state index in [1.807, 2.05) is 18.3 Å². The van der Waals surface area contributed by atoms with E-state index in [2.05, 4.69) is 9.97 Å². The Bertz CT molecular complexity index is 779.